The van der Waals surface area contributed by atoms with Crippen molar-refractivity contribution in [2.45, 2.75) is 78.2 Å². The summed E-state index contributed by atoms with van der Waals surface area (Å²) in [6, 6.07) is 16.8. The summed E-state index contributed by atoms with van der Waals surface area (Å²) >= 11 is 0. The van der Waals surface area contributed by atoms with Crippen molar-refractivity contribution in [3.8, 4) is 0 Å². The lowest BCUT2D eigenvalue weighted by molar-refractivity contribution is -0.132. The Morgan fingerprint density at radius 3 is 2.08 bits per heavy atom. The Kier molecular flexibility index (Phi) is 7.72. The summed E-state index contributed by atoms with van der Waals surface area (Å²) in [5, 5.41) is 0.979. The molecule has 1 atom stereocenters. The Labute approximate surface area is 219 Å². The van der Waals surface area contributed by atoms with Crippen LogP contribution in [0.4, 0.5) is 15.3 Å². The Bertz CT molecular complexity index is 1180. The molecule has 0 aromatic heterocycles. The van der Waals surface area contributed by atoms with Gasteiger partial charge < -0.3 is 14.4 Å². The predicted molar refractivity (Wildman–Crippen MR) is 143 cm³/mol. The lowest BCUT2D eigenvalue weighted by atomic mass is 9.84. The summed E-state index contributed by atoms with van der Waals surface area (Å²) < 4.78 is 11.1. The number of nitrogens with one attached hydrogen (secondary N) is 1. The SMILES string of the molecule is C=C(C)C[C@@]1(N(NC(=O)OC(C)(C)C)C(=O)OC(C)(C)C)C(=O)N(Cc2ccccc2)c2ccccc21. The van der Waals surface area contributed by atoms with Gasteiger partial charge in [-0.15, -0.1) is 6.58 Å². The zero-order chi connectivity index (χ0) is 27.6. The third-order valence-electron chi connectivity index (χ3n) is 5.54. The van der Waals surface area contributed by atoms with E-state index < -0.39 is 28.9 Å². The molecule has 1 aliphatic heterocycles. The first kappa shape index (κ1) is 27.8. The van der Waals surface area contributed by atoms with Gasteiger partial charge in [0.15, 0.2) is 5.54 Å². The molecule has 1 N–H and O–H groups in total. The van der Waals surface area contributed by atoms with E-state index in [1.54, 1.807) is 65.5 Å². The van der Waals surface area contributed by atoms with Crippen molar-refractivity contribution in [2.75, 3.05) is 4.90 Å². The molecule has 0 aliphatic carbocycles. The van der Waals surface area contributed by atoms with Crippen molar-refractivity contribution < 1.29 is 23.9 Å². The number of carbonyl (C=O) groups excluding carboxylic acids is 3. The number of rotatable bonds is 5. The van der Waals surface area contributed by atoms with E-state index in [0.717, 1.165) is 10.6 Å². The monoisotopic (exact) mass is 507 g/mol. The van der Waals surface area contributed by atoms with Gasteiger partial charge in [-0.05, 0) is 60.1 Å². The molecule has 0 saturated carbocycles. The maximum Gasteiger partial charge on any atom is 0.430 e. The van der Waals surface area contributed by atoms with Crippen molar-refractivity contribution in [1.82, 2.24) is 10.4 Å². The Balaban J connectivity index is 2.20. The quantitative estimate of drug-likeness (QED) is 0.392. The van der Waals surface area contributed by atoms with Gasteiger partial charge >= 0.3 is 12.2 Å². The maximum absolute atomic E-state index is 14.4. The number of benzene rings is 2. The third kappa shape index (κ3) is 6.31. The second kappa shape index (κ2) is 10.3. The molecule has 3 rings (SSSR count). The second-order valence-electron chi connectivity index (χ2n) is 11.3. The van der Waals surface area contributed by atoms with Crippen LogP contribution in [-0.2, 0) is 26.4 Å². The molecule has 2 aromatic carbocycles. The van der Waals surface area contributed by atoms with E-state index in [4.69, 9.17) is 9.47 Å². The number of hydrazine groups is 1. The first-order valence-electron chi connectivity index (χ1n) is 12.3. The first-order chi connectivity index (χ1) is 17.1. The standard InChI is InChI=1S/C29H37N3O5/c1-20(2)18-29(32(26(35)37-28(6,7)8)30-25(34)36-27(3,4)5)22-16-12-13-17-23(22)31(24(29)33)19-21-14-10-9-11-15-21/h9-17H,1,18-19H2,2-8H3,(H,30,34)/t29-/m0/s1. The molecule has 2 aromatic rings. The van der Waals surface area contributed by atoms with Crippen molar-refractivity contribution in [3.05, 3.63) is 77.9 Å². The summed E-state index contributed by atoms with van der Waals surface area (Å²) in [7, 11) is 0. The minimum absolute atomic E-state index is 0.0587. The molecule has 1 heterocycles. The molecular weight excluding hydrogens is 470 g/mol. The molecule has 0 spiro atoms. The van der Waals surface area contributed by atoms with Gasteiger partial charge in [0, 0.05) is 12.0 Å². The van der Waals surface area contributed by atoms with Crippen molar-refractivity contribution in [3.63, 3.8) is 0 Å². The number of ether oxygens (including phenoxy) is 2. The van der Waals surface area contributed by atoms with E-state index in [2.05, 4.69) is 12.0 Å². The average Bonchev–Trinajstić information content (AvgIpc) is 2.99. The fourth-order valence-electron chi connectivity index (χ4n) is 4.33. The van der Waals surface area contributed by atoms with Crippen LogP contribution in [0, 0.1) is 0 Å². The van der Waals surface area contributed by atoms with Crippen molar-refractivity contribution in [1.29, 1.82) is 0 Å². The zero-order valence-electron chi connectivity index (χ0n) is 22.8. The van der Waals surface area contributed by atoms with E-state index in [1.165, 1.54) is 0 Å². The predicted octanol–water partition coefficient (Wildman–Crippen LogP) is 6.07. The number of nitrogens with zero attached hydrogens (tertiary/aromatic N) is 2. The van der Waals surface area contributed by atoms with Crippen LogP contribution in [0.1, 0.15) is 66.0 Å². The largest absolute Gasteiger partial charge is 0.443 e. The summed E-state index contributed by atoms with van der Waals surface area (Å²) in [6.07, 6.45) is -1.71. The molecule has 1 aliphatic rings. The first-order valence-corrected chi connectivity index (χ1v) is 12.3. The minimum Gasteiger partial charge on any atom is -0.443 e. The van der Waals surface area contributed by atoms with Gasteiger partial charge in [-0.2, -0.15) is 5.01 Å². The molecule has 0 bridgehead atoms. The molecule has 198 valence electrons. The molecule has 3 amide bonds. The summed E-state index contributed by atoms with van der Waals surface area (Å²) in [4.78, 5) is 42.7. The van der Waals surface area contributed by atoms with Crippen LogP contribution in [0.3, 0.4) is 0 Å². The fourth-order valence-corrected chi connectivity index (χ4v) is 4.33. The topological polar surface area (TPSA) is 88.2 Å². The number of hydrogen-bond donors (Lipinski definition) is 1. The van der Waals surface area contributed by atoms with Crippen LogP contribution < -0.4 is 10.3 Å². The van der Waals surface area contributed by atoms with E-state index in [9.17, 15) is 14.4 Å². The van der Waals surface area contributed by atoms with E-state index >= 15 is 0 Å². The fraction of sp³-hybridized carbons (Fsp3) is 0.414. The van der Waals surface area contributed by atoms with E-state index in [0.29, 0.717) is 16.8 Å². The van der Waals surface area contributed by atoms with Gasteiger partial charge in [-0.3, -0.25) is 4.79 Å². The zero-order valence-corrected chi connectivity index (χ0v) is 22.8. The number of para-hydroxylation sites is 1. The molecule has 0 unspecified atom stereocenters. The van der Waals surface area contributed by atoms with Gasteiger partial charge in [0.2, 0.25) is 0 Å². The Morgan fingerprint density at radius 1 is 0.946 bits per heavy atom. The molecular formula is C29H37N3O5. The molecule has 0 saturated heterocycles. The number of carbonyl (C=O) groups is 3. The van der Waals surface area contributed by atoms with Crippen LogP contribution in [0.2, 0.25) is 0 Å². The van der Waals surface area contributed by atoms with Crippen LogP contribution in [0.25, 0.3) is 0 Å². The third-order valence-corrected chi connectivity index (χ3v) is 5.54. The summed E-state index contributed by atoms with van der Waals surface area (Å²) in [5.41, 5.74) is 1.94. The summed E-state index contributed by atoms with van der Waals surface area (Å²) in [6.45, 7) is 16.4. The van der Waals surface area contributed by atoms with Crippen LogP contribution in [0.15, 0.2) is 66.7 Å². The number of hydrogen-bond acceptors (Lipinski definition) is 5. The lowest BCUT2D eigenvalue weighted by Crippen LogP contribution is -2.63. The number of fused-ring (bicyclic) bond motifs is 1. The molecule has 0 fully saturated rings. The van der Waals surface area contributed by atoms with Gasteiger partial charge in [-0.25, -0.2) is 15.0 Å². The molecule has 8 nitrogen and oxygen atoms in total. The molecule has 0 radical (unpaired) electrons. The normalized spacial score (nSPS) is 17.2. The molecule has 8 heteroatoms. The van der Waals surface area contributed by atoms with Gasteiger partial charge in [0.05, 0.1) is 12.2 Å². The molecule has 37 heavy (non-hydrogen) atoms. The highest BCUT2D eigenvalue weighted by Crippen LogP contribution is 2.48. The van der Waals surface area contributed by atoms with E-state index in [-0.39, 0.29) is 18.9 Å². The van der Waals surface area contributed by atoms with Crippen molar-refractivity contribution >= 4 is 23.8 Å². The summed E-state index contributed by atoms with van der Waals surface area (Å²) in [5.74, 6) is -0.387. The second-order valence-corrected chi connectivity index (χ2v) is 11.3. The van der Waals surface area contributed by atoms with Crippen LogP contribution >= 0.6 is 0 Å². The average molecular weight is 508 g/mol. The number of anilines is 1. The Morgan fingerprint density at radius 2 is 1.51 bits per heavy atom. The van der Waals surface area contributed by atoms with Gasteiger partial charge in [-0.1, -0.05) is 54.1 Å². The van der Waals surface area contributed by atoms with Gasteiger partial charge in [0.25, 0.3) is 5.91 Å². The van der Waals surface area contributed by atoms with E-state index in [1.807, 2.05) is 42.5 Å². The minimum atomic E-state index is -1.64. The number of amides is 3. The van der Waals surface area contributed by atoms with Crippen molar-refractivity contribution in [2.24, 2.45) is 0 Å². The van der Waals surface area contributed by atoms with Crippen LogP contribution in [-0.4, -0.2) is 34.3 Å². The Hall–Kier alpha value is -3.81. The highest BCUT2D eigenvalue weighted by molar-refractivity contribution is 6.09. The van der Waals surface area contributed by atoms with Gasteiger partial charge in [0.1, 0.15) is 11.2 Å². The highest BCUT2D eigenvalue weighted by Gasteiger charge is 2.58. The highest BCUT2D eigenvalue weighted by atomic mass is 16.6. The maximum atomic E-state index is 14.4. The lowest BCUT2D eigenvalue weighted by Gasteiger charge is -2.40. The smallest absolute Gasteiger partial charge is 0.430 e. The van der Waals surface area contributed by atoms with Crippen LogP contribution in [0.5, 0.6) is 0 Å².